The van der Waals surface area contributed by atoms with Gasteiger partial charge in [0.15, 0.2) is 5.11 Å². The number of carbonyl (C=O) groups is 1. The fourth-order valence-electron chi connectivity index (χ4n) is 1.78. The van der Waals surface area contributed by atoms with Crippen molar-refractivity contribution in [2.24, 2.45) is 5.92 Å². The molecule has 3 nitrogen and oxygen atoms in total. The van der Waals surface area contributed by atoms with Gasteiger partial charge >= 0.3 is 0 Å². The van der Waals surface area contributed by atoms with Crippen molar-refractivity contribution in [2.75, 3.05) is 6.54 Å². The average Bonchev–Trinajstić information content (AvgIpc) is 2.19. The Hall–Kier alpha value is -0.640. The maximum atomic E-state index is 11.6. The quantitative estimate of drug-likeness (QED) is 0.686. The van der Waals surface area contributed by atoms with Crippen molar-refractivity contribution >= 4 is 23.2 Å². The Bertz CT molecular complexity index is 212. The number of nitrogens with one attached hydrogen (secondary N) is 2. The van der Waals surface area contributed by atoms with Crippen molar-refractivity contribution in [1.29, 1.82) is 0 Å². The molecule has 1 aliphatic rings. The van der Waals surface area contributed by atoms with Gasteiger partial charge < -0.3 is 10.6 Å². The monoisotopic (exact) mass is 214 g/mol. The molecular weight excluding hydrogens is 196 g/mol. The van der Waals surface area contributed by atoms with E-state index in [9.17, 15) is 4.79 Å². The van der Waals surface area contributed by atoms with Crippen LogP contribution in [0.25, 0.3) is 0 Å². The average molecular weight is 214 g/mol. The fourth-order valence-corrected chi connectivity index (χ4v) is 2.03. The first-order valence-electron chi connectivity index (χ1n) is 5.32. The zero-order valence-corrected chi connectivity index (χ0v) is 9.45. The van der Waals surface area contributed by atoms with Crippen molar-refractivity contribution in [3.05, 3.63) is 0 Å². The van der Waals surface area contributed by atoms with Gasteiger partial charge in [-0.05, 0) is 32.0 Å². The van der Waals surface area contributed by atoms with E-state index in [-0.39, 0.29) is 11.8 Å². The predicted molar refractivity (Wildman–Crippen MR) is 61.0 cm³/mol. The third-order valence-electron chi connectivity index (χ3n) is 2.55. The summed E-state index contributed by atoms with van der Waals surface area (Å²) in [5.41, 5.74) is 0. The van der Waals surface area contributed by atoms with Gasteiger partial charge in [0.2, 0.25) is 5.91 Å². The van der Waals surface area contributed by atoms with Gasteiger partial charge in [0, 0.05) is 12.5 Å². The minimum Gasteiger partial charge on any atom is -0.363 e. The topological polar surface area (TPSA) is 41.1 Å². The molecule has 0 aliphatic heterocycles. The fraction of sp³-hybridized carbons (Fsp3) is 0.800. The molecule has 0 aromatic carbocycles. The lowest BCUT2D eigenvalue weighted by molar-refractivity contribution is -0.124. The molecule has 1 saturated carbocycles. The van der Waals surface area contributed by atoms with Crippen molar-refractivity contribution in [1.82, 2.24) is 10.6 Å². The molecule has 1 amide bonds. The number of amides is 1. The predicted octanol–water partition coefficient (Wildman–Crippen LogP) is 1.58. The maximum Gasteiger partial charge on any atom is 0.229 e. The molecule has 0 aromatic heterocycles. The Morgan fingerprint density at radius 3 is 2.57 bits per heavy atom. The molecule has 0 saturated heterocycles. The highest BCUT2D eigenvalue weighted by atomic mass is 32.1. The van der Waals surface area contributed by atoms with Gasteiger partial charge in [0.25, 0.3) is 0 Å². The van der Waals surface area contributed by atoms with Crippen LogP contribution in [-0.2, 0) is 4.79 Å². The first kappa shape index (κ1) is 11.4. The zero-order valence-electron chi connectivity index (χ0n) is 8.64. The maximum absolute atomic E-state index is 11.6. The number of carbonyl (C=O) groups excluding carboxylic acids is 1. The van der Waals surface area contributed by atoms with Gasteiger partial charge in [-0.3, -0.25) is 4.79 Å². The summed E-state index contributed by atoms with van der Waals surface area (Å²) in [4.78, 5) is 11.6. The summed E-state index contributed by atoms with van der Waals surface area (Å²) >= 11 is 4.96. The van der Waals surface area contributed by atoms with E-state index in [1.165, 1.54) is 19.3 Å². The second kappa shape index (κ2) is 5.96. The van der Waals surface area contributed by atoms with E-state index in [0.717, 1.165) is 19.4 Å². The highest BCUT2D eigenvalue weighted by Crippen LogP contribution is 2.23. The number of thiocarbonyl (C=S) groups is 1. The summed E-state index contributed by atoms with van der Waals surface area (Å²) in [5, 5.41) is 6.11. The molecule has 0 bridgehead atoms. The molecule has 1 rings (SSSR count). The van der Waals surface area contributed by atoms with Gasteiger partial charge in [0.1, 0.15) is 0 Å². The second-order valence-electron chi connectivity index (χ2n) is 3.68. The van der Waals surface area contributed by atoms with Crippen LogP contribution in [0, 0.1) is 5.92 Å². The number of hydrogen-bond donors (Lipinski definition) is 2. The lowest BCUT2D eigenvalue weighted by Gasteiger charge is -2.20. The van der Waals surface area contributed by atoms with Gasteiger partial charge in [-0.15, -0.1) is 0 Å². The second-order valence-corrected chi connectivity index (χ2v) is 4.09. The Morgan fingerprint density at radius 1 is 1.36 bits per heavy atom. The Balaban J connectivity index is 2.29. The third kappa shape index (κ3) is 3.62. The van der Waals surface area contributed by atoms with Crippen LogP contribution in [0.1, 0.15) is 39.0 Å². The number of hydrogen-bond acceptors (Lipinski definition) is 2. The minimum atomic E-state index is 0.0932. The van der Waals surface area contributed by atoms with Gasteiger partial charge in [-0.1, -0.05) is 19.3 Å². The lowest BCUT2D eigenvalue weighted by Crippen LogP contribution is -2.42. The van der Waals surface area contributed by atoms with Crippen LogP contribution in [-0.4, -0.2) is 17.6 Å². The van der Waals surface area contributed by atoms with Crippen LogP contribution >= 0.6 is 12.2 Å². The van der Waals surface area contributed by atoms with Crippen LogP contribution < -0.4 is 10.6 Å². The summed E-state index contributed by atoms with van der Waals surface area (Å²) < 4.78 is 0. The highest BCUT2D eigenvalue weighted by molar-refractivity contribution is 7.80. The summed E-state index contributed by atoms with van der Waals surface area (Å²) in [6.07, 6.45) is 5.64. The lowest BCUT2D eigenvalue weighted by atomic mass is 9.89. The molecule has 0 spiro atoms. The molecule has 1 fully saturated rings. The Morgan fingerprint density at radius 2 is 2.00 bits per heavy atom. The largest absolute Gasteiger partial charge is 0.363 e. The molecule has 0 unspecified atom stereocenters. The SMILES string of the molecule is CCNC(=S)NC(=O)C1CCCCC1. The first-order chi connectivity index (χ1) is 6.74. The smallest absolute Gasteiger partial charge is 0.229 e. The van der Waals surface area contributed by atoms with Crippen molar-refractivity contribution in [3.8, 4) is 0 Å². The van der Waals surface area contributed by atoms with Crippen molar-refractivity contribution in [2.45, 2.75) is 39.0 Å². The summed E-state index contributed by atoms with van der Waals surface area (Å²) in [5.74, 6) is 0.274. The molecule has 14 heavy (non-hydrogen) atoms. The van der Waals surface area contributed by atoms with Gasteiger partial charge in [-0.2, -0.15) is 0 Å². The van der Waals surface area contributed by atoms with Crippen LogP contribution in [0.15, 0.2) is 0 Å². The van der Waals surface area contributed by atoms with Gasteiger partial charge in [0.05, 0.1) is 0 Å². The Kier molecular flexibility index (Phi) is 4.87. The molecular formula is C10H18N2OS. The van der Waals surface area contributed by atoms with Crippen LogP contribution in [0.3, 0.4) is 0 Å². The molecule has 0 radical (unpaired) electrons. The Labute approximate surface area is 90.6 Å². The van der Waals surface area contributed by atoms with Crippen molar-refractivity contribution < 1.29 is 4.79 Å². The van der Waals surface area contributed by atoms with Crippen LogP contribution in [0.2, 0.25) is 0 Å². The molecule has 0 aromatic rings. The van der Waals surface area contributed by atoms with Crippen LogP contribution in [0.4, 0.5) is 0 Å². The number of rotatable bonds is 2. The van der Waals surface area contributed by atoms with Crippen LogP contribution in [0.5, 0.6) is 0 Å². The standard InChI is InChI=1S/C10H18N2OS/c1-2-11-10(14)12-9(13)8-6-4-3-5-7-8/h8H,2-7H2,1H3,(H2,11,12,13,14). The van der Waals surface area contributed by atoms with E-state index in [4.69, 9.17) is 12.2 Å². The first-order valence-corrected chi connectivity index (χ1v) is 5.73. The van der Waals surface area contributed by atoms with Gasteiger partial charge in [-0.25, -0.2) is 0 Å². The van der Waals surface area contributed by atoms with Crippen molar-refractivity contribution in [3.63, 3.8) is 0 Å². The third-order valence-corrected chi connectivity index (χ3v) is 2.80. The zero-order chi connectivity index (χ0) is 10.4. The molecule has 80 valence electrons. The molecule has 1 aliphatic carbocycles. The summed E-state index contributed by atoms with van der Waals surface area (Å²) in [7, 11) is 0. The van der Waals surface area contributed by atoms with E-state index < -0.39 is 0 Å². The normalized spacial score (nSPS) is 17.5. The summed E-state index contributed by atoms with van der Waals surface area (Å²) in [6, 6.07) is 0. The highest BCUT2D eigenvalue weighted by Gasteiger charge is 2.21. The molecule has 2 N–H and O–H groups in total. The molecule has 0 atom stereocenters. The summed E-state index contributed by atoms with van der Waals surface area (Å²) in [6.45, 7) is 2.71. The van der Waals surface area contributed by atoms with E-state index in [2.05, 4.69) is 10.6 Å². The van der Waals surface area contributed by atoms with E-state index in [0.29, 0.717) is 5.11 Å². The molecule has 4 heteroatoms. The van der Waals surface area contributed by atoms with E-state index in [1.807, 2.05) is 6.92 Å². The minimum absolute atomic E-state index is 0.0932. The molecule has 0 heterocycles. The van der Waals surface area contributed by atoms with E-state index >= 15 is 0 Å². The van der Waals surface area contributed by atoms with E-state index in [1.54, 1.807) is 0 Å².